The molecule has 1 aliphatic heterocycles. The Morgan fingerprint density at radius 2 is 2.08 bits per heavy atom. The average Bonchev–Trinajstić information content (AvgIpc) is 3.24. The van der Waals surface area contributed by atoms with E-state index in [4.69, 9.17) is 9.47 Å². The molecule has 26 heavy (non-hydrogen) atoms. The maximum Gasteiger partial charge on any atom is 0.312 e. The molecule has 140 valence electrons. The Morgan fingerprint density at radius 1 is 1.35 bits per heavy atom. The number of thiophene rings is 1. The van der Waals surface area contributed by atoms with Gasteiger partial charge in [0.25, 0.3) is 5.91 Å². The van der Waals surface area contributed by atoms with Gasteiger partial charge in [-0.15, -0.1) is 22.7 Å². The van der Waals surface area contributed by atoms with Gasteiger partial charge in [-0.2, -0.15) is 0 Å². The van der Waals surface area contributed by atoms with Gasteiger partial charge in [-0.25, -0.2) is 4.98 Å². The number of aromatic nitrogens is 1. The van der Waals surface area contributed by atoms with Crippen LogP contribution in [0.15, 0.2) is 22.9 Å². The topological polar surface area (TPSA) is 68.7 Å². The second kappa shape index (κ2) is 8.28. The molecule has 3 heterocycles. The summed E-state index contributed by atoms with van der Waals surface area (Å²) in [6.45, 7) is 6.51. The van der Waals surface area contributed by atoms with E-state index in [2.05, 4.69) is 4.98 Å². The zero-order valence-corrected chi connectivity index (χ0v) is 16.6. The second-order valence-electron chi connectivity index (χ2n) is 6.43. The molecule has 1 fully saturated rings. The van der Waals surface area contributed by atoms with Crippen LogP contribution in [-0.4, -0.2) is 53.2 Å². The lowest BCUT2D eigenvalue weighted by molar-refractivity contribution is -0.164. The molecule has 2 aromatic heterocycles. The van der Waals surface area contributed by atoms with Gasteiger partial charge >= 0.3 is 5.97 Å². The number of esters is 1. The molecule has 0 bridgehead atoms. The monoisotopic (exact) mass is 394 g/mol. The van der Waals surface area contributed by atoms with Gasteiger partial charge in [-0.1, -0.05) is 6.07 Å². The minimum Gasteiger partial charge on any atom is -0.452 e. The number of carbonyl (C=O) groups excluding carboxylic acids is 2. The van der Waals surface area contributed by atoms with Gasteiger partial charge in [0.1, 0.15) is 5.01 Å². The SMILES string of the molecule is CC1CN(C(=O)C(C)OC(=O)Cc2csc(-c3cccs3)n2)CC(C)O1. The van der Waals surface area contributed by atoms with E-state index in [0.29, 0.717) is 18.8 Å². The predicted octanol–water partition coefficient (Wildman–Crippen LogP) is 2.98. The van der Waals surface area contributed by atoms with Crippen LogP contribution in [-0.2, 0) is 25.5 Å². The van der Waals surface area contributed by atoms with Crippen molar-refractivity contribution >= 4 is 34.6 Å². The van der Waals surface area contributed by atoms with Crippen LogP contribution < -0.4 is 0 Å². The largest absolute Gasteiger partial charge is 0.452 e. The lowest BCUT2D eigenvalue weighted by Crippen LogP contribution is -2.51. The van der Waals surface area contributed by atoms with E-state index < -0.39 is 12.1 Å². The van der Waals surface area contributed by atoms with Crippen LogP contribution in [0.5, 0.6) is 0 Å². The minimum absolute atomic E-state index is 0.0173. The number of amides is 1. The summed E-state index contributed by atoms with van der Waals surface area (Å²) in [6.07, 6.45) is -0.780. The summed E-state index contributed by atoms with van der Waals surface area (Å²) in [6, 6.07) is 3.96. The molecular weight excluding hydrogens is 372 g/mol. The molecule has 3 atom stereocenters. The summed E-state index contributed by atoms with van der Waals surface area (Å²) in [5, 5.41) is 4.74. The fourth-order valence-corrected chi connectivity index (χ4v) is 4.59. The zero-order valence-electron chi connectivity index (χ0n) is 15.0. The fourth-order valence-electron chi connectivity index (χ4n) is 2.95. The Labute approximate surface area is 160 Å². The smallest absolute Gasteiger partial charge is 0.312 e. The lowest BCUT2D eigenvalue weighted by Gasteiger charge is -2.36. The van der Waals surface area contributed by atoms with Crippen LogP contribution in [0.4, 0.5) is 0 Å². The third kappa shape index (κ3) is 4.69. The van der Waals surface area contributed by atoms with Crippen molar-refractivity contribution < 1.29 is 19.1 Å². The Kier molecular flexibility index (Phi) is 6.05. The van der Waals surface area contributed by atoms with Crippen molar-refractivity contribution in [3.8, 4) is 9.88 Å². The van der Waals surface area contributed by atoms with E-state index in [1.54, 1.807) is 23.2 Å². The first-order valence-electron chi connectivity index (χ1n) is 8.54. The van der Waals surface area contributed by atoms with Gasteiger partial charge in [-0.3, -0.25) is 9.59 Å². The number of nitrogens with zero attached hydrogens (tertiary/aromatic N) is 2. The molecule has 3 unspecified atom stereocenters. The molecule has 0 aromatic carbocycles. The summed E-state index contributed by atoms with van der Waals surface area (Å²) in [5.41, 5.74) is 0.664. The van der Waals surface area contributed by atoms with Crippen LogP contribution in [0.1, 0.15) is 26.5 Å². The third-order valence-electron chi connectivity index (χ3n) is 4.00. The molecule has 1 saturated heterocycles. The van der Waals surface area contributed by atoms with Gasteiger partial charge in [0, 0.05) is 18.5 Å². The number of hydrogen-bond donors (Lipinski definition) is 0. The highest BCUT2D eigenvalue weighted by molar-refractivity contribution is 7.20. The summed E-state index contributed by atoms with van der Waals surface area (Å²) < 4.78 is 11.0. The quantitative estimate of drug-likeness (QED) is 0.729. The first-order valence-corrected chi connectivity index (χ1v) is 10.3. The highest BCUT2D eigenvalue weighted by Crippen LogP contribution is 2.28. The summed E-state index contributed by atoms with van der Waals surface area (Å²) in [7, 11) is 0. The van der Waals surface area contributed by atoms with Crippen molar-refractivity contribution in [1.82, 2.24) is 9.88 Å². The van der Waals surface area contributed by atoms with E-state index in [1.807, 2.05) is 36.7 Å². The maximum atomic E-state index is 12.5. The van der Waals surface area contributed by atoms with Crippen molar-refractivity contribution in [1.29, 1.82) is 0 Å². The van der Waals surface area contributed by atoms with Crippen molar-refractivity contribution in [2.45, 2.75) is 45.5 Å². The van der Waals surface area contributed by atoms with E-state index in [-0.39, 0.29) is 24.5 Å². The number of ether oxygens (including phenoxy) is 2. The standard InChI is InChI=1S/C18H22N2O4S2/c1-11-8-20(9-12(2)23-11)18(22)13(3)24-16(21)7-14-10-26-17(19-14)15-5-4-6-25-15/h4-6,10-13H,7-9H2,1-3H3. The third-order valence-corrected chi connectivity index (χ3v) is 5.93. The normalized spacial score (nSPS) is 21.4. The van der Waals surface area contributed by atoms with Crippen molar-refractivity contribution in [2.24, 2.45) is 0 Å². The van der Waals surface area contributed by atoms with Gasteiger partial charge < -0.3 is 14.4 Å². The second-order valence-corrected chi connectivity index (χ2v) is 8.24. The van der Waals surface area contributed by atoms with Gasteiger partial charge in [0.15, 0.2) is 6.10 Å². The summed E-state index contributed by atoms with van der Waals surface area (Å²) >= 11 is 3.11. The molecule has 6 nitrogen and oxygen atoms in total. The molecule has 8 heteroatoms. The Hall–Kier alpha value is -1.77. The molecule has 0 saturated carbocycles. The maximum absolute atomic E-state index is 12.5. The highest BCUT2D eigenvalue weighted by Gasteiger charge is 2.30. The number of hydrogen-bond acceptors (Lipinski definition) is 7. The zero-order chi connectivity index (χ0) is 18.7. The number of morpholine rings is 1. The van der Waals surface area contributed by atoms with Crippen LogP contribution in [0.3, 0.4) is 0 Å². The number of rotatable bonds is 5. The Bertz CT molecular complexity index is 749. The Morgan fingerprint density at radius 3 is 2.73 bits per heavy atom. The van der Waals surface area contributed by atoms with Crippen LogP contribution >= 0.6 is 22.7 Å². The molecule has 0 N–H and O–H groups in total. The van der Waals surface area contributed by atoms with E-state index in [9.17, 15) is 9.59 Å². The first-order chi connectivity index (χ1) is 12.4. The number of carbonyl (C=O) groups is 2. The van der Waals surface area contributed by atoms with E-state index >= 15 is 0 Å². The molecule has 1 aliphatic rings. The van der Waals surface area contributed by atoms with Gasteiger partial charge in [0.05, 0.1) is 29.2 Å². The van der Waals surface area contributed by atoms with Crippen LogP contribution in [0.25, 0.3) is 9.88 Å². The van der Waals surface area contributed by atoms with E-state index in [1.165, 1.54) is 11.3 Å². The van der Waals surface area contributed by atoms with Crippen molar-refractivity contribution in [3.05, 3.63) is 28.6 Å². The molecule has 0 aliphatic carbocycles. The molecule has 1 amide bonds. The summed E-state index contributed by atoms with van der Waals surface area (Å²) in [5.74, 6) is -0.624. The van der Waals surface area contributed by atoms with Crippen LogP contribution in [0, 0.1) is 0 Å². The molecule has 0 radical (unpaired) electrons. The van der Waals surface area contributed by atoms with Gasteiger partial charge in [-0.05, 0) is 32.2 Å². The first kappa shape index (κ1) is 19.0. The fraction of sp³-hybridized carbons (Fsp3) is 0.500. The molecular formula is C18H22N2O4S2. The van der Waals surface area contributed by atoms with Crippen LogP contribution in [0.2, 0.25) is 0 Å². The highest BCUT2D eigenvalue weighted by atomic mass is 32.1. The average molecular weight is 395 g/mol. The lowest BCUT2D eigenvalue weighted by atomic mass is 10.2. The number of thiazole rings is 1. The molecule has 3 rings (SSSR count). The van der Waals surface area contributed by atoms with Crippen molar-refractivity contribution in [2.75, 3.05) is 13.1 Å². The Balaban J connectivity index is 1.53. The van der Waals surface area contributed by atoms with Crippen molar-refractivity contribution in [3.63, 3.8) is 0 Å². The van der Waals surface area contributed by atoms with E-state index in [0.717, 1.165) is 9.88 Å². The minimum atomic E-state index is -0.810. The van der Waals surface area contributed by atoms with Gasteiger partial charge in [0.2, 0.25) is 0 Å². The predicted molar refractivity (Wildman–Crippen MR) is 101 cm³/mol. The summed E-state index contributed by atoms with van der Waals surface area (Å²) in [4.78, 5) is 32.0. The molecule has 2 aromatic rings. The molecule has 0 spiro atoms.